The van der Waals surface area contributed by atoms with E-state index in [1.165, 1.54) is 11.3 Å². The van der Waals surface area contributed by atoms with Crippen LogP contribution in [0.3, 0.4) is 0 Å². The number of carboxylic acids is 1. The van der Waals surface area contributed by atoms with E-state index in [2.05, 4.69) is 10.3 Å². The Morgan fingerprint density at radius 2 is 2.04 bits per heavy atom. The van der Waals surface area contributed by atoms with E-state index in [1.807, 2.05) is 23.6 Å². The highest BCUT2D eigenvalue weighted by molar-refractivity contribution is 7.17. The lowest BCUT2D eigenvalue weighted by Gasteiger charge is -2.10. The molecular formula is C17H15ClN2O3S. The van der Waals surface area contributed by atoms with Crippen molar-refractivity contribution < 1.29 is 14.7 Å². The molecule has 1 aromatic carbocycles. The van der Waals surface area contributed by atoms with E-state index in [-0.39, 0.29) is 18.0 Å². The van der Waals surface area contributed by atoms with Crippen molar-refractivity contribution in [2.24, 2.45) is 0 Å². The molecule has 0 radical (unpaired) electrons. The standard InChI is InChI=1S/C17H14N2O3S.ClH/c20-8-3-7-18-15-10-13(16-14(19-15)6-9-23-16)11-4-1-2-5-12(11)17(21)22;/h1-2,4-6,8-10H,3,7H2,(H,18,19)(H,21,22);1H. The van der Waals surface area contributed by atoms with Gasteiger partial charge in [-0.3, -0.25) is 0 Å². The zero-order valence-corrected chi connectivity index (χ0v) is 14.2. The van der Waals surface area contributed by atoms with Gasteiger partial charge >= 0.3 is 5.97 Å². The monoisotopic (exact) mass is 362 g/mol. The van der Waals surface area contributed by atoms with E-state index in [4.69, 9.17) is 0 Å². The highest BCUT2D eigenvalue weighted by Gasteiger charge is 2.15. The van der Waals surface area contributed by atoms with Gasteiger partial charge in [0.05, 0.1) is 15.8 Å². The SMILES string of the molecule is Cl.O=CCCNc1cc(-c2ccccc2C(=O)O)c2sccc2n1. The number of aromatic nitrogens is 1. The van der Waals surface area contributed by atoms with Crippen molar-refractivity contribution in [2.75, 3.05) is 11.9 Å². The number of pyridine rings is 1. The first-order chi connectivity index (χ1) is 11.2. The Hall–Kier alpha value is -2.44. The number of benzene rings is 1. The zero-order chi connectivity index (χ0) is 16.2. The summed E-state index contributed by atoms with van der Waals surface area (Å²) in [6.45, 7) is 0.492. The van der Waals surface area contributed by atoms with Crippen molar-refractivity contribution in [3.8, 4) is 11.1 Å². The topological polar surface area (TPSA) is 79.3 Å². The van der Waals surface area contributed by atoms with Crippen LogP contribution in [0.15, 0.2) is 41.8 Å². The fourth-order valence-electron chi connectivity index (χ4n) is 2.41. The van der Waals surface area contributed by atoms with Crippen LogP contribution in [-0.2, 0) is 4.79 Å². The molecule has 0 aliphatic rings. The van der Waals surface area contributed by atoms with Gasteiger partial charge in [0.25, 0.3) is 0 Å². The van der Waals surface area contributed by atoms with Crippen LogP contribution in [0, 0.1) is 0 Å². The lowest BCUT2D eigenvalue weighted by molar-refractivity contribution is -0.107. The third-order valence-corrected chi connectivity index (χ3v) is 4.36. The minimum atomic E-state index is -0.961. The van der Waals surface area contributed by atoms with Gasteiger partial charge in [0.2, 0.25) is 0 Å². The third kappa shape index (κ3) is 3.55. The van der Waals surface area contributed by atoms with Crippen LogP contribution in [0.1, 0.15) is 16.8 Å². The number of aldehydes is 1. The number of carbonyl (C=O) groups is 2. The van der Waals surface area contributed by atoms with Crippen LogP contribution in [0.2, 0.25) is 0 Å². The maximum atomic E-state index is 11.5. The van der Waals surface area contributed by atoms with E-state index in [0.717, 1.165) is 22.1 Å². The second-order valence-corrected chi connectivity index (χ2v) is 5.84. The zero-order valence-electron chi connectivity index (χ0n) is 12.6. The number of thiophene rings is 1. The first kappa shape index (κ1) is 17.9. The molecule has 7 heteroatoms. The van der Waals surface area contributed by atoms with Crippen molar-refractivity contribution >= 4 is 52.0 Å². The average Bonchev–Trinajstić information content (AvgIpc) is 3.03. The van der Waals surface area contributed by atoms with Crippen LogP contribution >= 0.6 is 23.7 Å². The van der Waals surface area contributed by atoms with E-state index < -0.39 is 5.97 Å². The Kier molecular flexibility index (Phi) is 5.89. The lowest BCUT2D eigenvalue weighted by atomic mass is 10.00. The minimum Gasteiger partial charge on any atom is -0.478 e. The first-order valence-electron chi connectivity index (χ1n) is 7.09. The fraction of sp³-hybridized carbons (Fsp3) is 0.118. The molecule has 3 aromatic rings. The molecule has 0 aliphatic carbocycles. The van der Waals surface area contributed by atoms with Crippen LogP contribution in [0.4, 0.5) is 5.82 Å². The average molecular weight is 363 g/mol. The Labute approximate surface area is 148 Å². The maximum Gasteiger partial charge on any atom is 0.336 e. The summed E-state index contributed by atoms with van der Waals surface area (Å²) < 4.78 is 0.944. The highest BCUT2D eigenvalue weighted by atomic mass is 35.5. The summed E-state index contributed by atoms with van der Waals surface area (Å²) in [4.78, 5) is 26.5. The summed E-state index contributed by atoms with van der Waals surface area (Å²) in [6, 6.07) is 10.7. The Morgan fingerprint density at radius 3 is 2.79 bits per heavy atom. The van der Waals surface area contributed by atoms with Gasteiger partial charge in [0, 0.05) is 18.5 Å². The number of rotatable bonds is 6. The van der Waals surface area contributed by atoms with Gasteiger partial charge in [-0.15, -0.1) is 23.7 Å². The molecule has 0 saturated carbocycles. The number of hydrogen-bond acceptors (Lipinski definition) is 5. The summed E-state index contributed by atoms with van der Waals surface area (Å²) in [6.07, 6.45) is 1.24. The summed E-state index contributed by atoms with van der Waals surface area (Å²) in [5.41, 5.74) is 2.55. The summed E-state index contributed by atoms with van der Waals surface area (Å²) in [5, 5.41) is 14.5. The largest absolute Gasteiger partial charge is 0.478 e. The van der Waals surface area contributed by atoms with Gasteiger partial charge in [-0.05, 0) is 29.1 Å². The number of nitrogens with one attached hydrogen (secondary N) is 1. The van der Waals surface area contributed by atoms with Crippen LogP contribution in [-0.4, -0.2) is 28.9 Å². The second kappa shape index (κ2) is 7.90. The van der Waals surface area contributed by atoms with Crippen molar-refractivity contribution in [2.45, 2.75) is 6.42 Å². The van der Waals surface area contributed by atoms with Crippen LogP contribution in [0.25, 0.3) is 21.3 Å². The molecule has 0 spiro atoms. The number of hydrogen-bond donors (Lipinski definition) is 2. The molecule has 0 amide bonds. The Bertz CT molecular complexity index is 879. The molecule has 2 aromatic heterocycles. The molecule has 24 heavy (non-hydrogen) atoms. The van der Waals surface area contributed by atoms with Crippen molar-refractivity contribution in [1.29, 1.82) is 0 Å². The molecule has 2 heterocycles. The summed E-state index contributed by atoms with van der Waals surface area (Å²) >= 11 is 1.53. The second-order valence-electron chi connectivity index (χ2n) is 4.92. The molecule has 0 unspecified atom stereocenters. The first-order valence-corrected chi connectivity index (χ1v) is 7.97. The Balaban J connectivity index is 0.00000208. The van der Waals surface area contributed by atoms with Crippen LogP contribution < -0.4 is 5.32 Å². The smallest absolute Gasteiger partial charge is 0.336 e. The number of anilines is 1. The summed E-state index contributed by atoms with van der Waals surface area (Å²) in [7, 11) is 0. The highest BCUT2D eigenvalue weighted by Crippen LogP contribution is 2.35. The van der Waals surface area contributed by atoms with Gasteiger partial charge in [0.15, 0.2) is 0 Å². The molecule has 0 fully saturated rings. The van der Waals surface area contributed by atoms with Gasteiger partial charge in [-0.2, -0.15) is 0 Å². The summed E-state index contributed by atoms with van der Waals surface area (Å²) in [5.74, 6) is -0.328. The van der Waals surface area contributed by atoms with E-state index in [9.17, 15) is 14.7 Å². The van der Waals surface area contributed by atoms with Gasteiger partial charge < -0.3 is 15.2 Å². The molecule has 5 nitrogen and oxygen atoms in total. The quantitative estimate of drug-likeness (QED) is 0.510. The number of halogens is 1. The fourth-order valence-corrected chi connectivity index (χ4v) is 3.27. The molecule has 0 bridgehead atoms. The molecule has 3 rings (SSSR count). The molecule has 0 saturated heterocycles. The number of carboxylic acid groups (broad SMARTS) is 1. The minimum absolute atomic E-state index is 0. The lowest BCUT2D eigenvalue weighted by Crippen LogP contribution is -2.04. The number of fused-ring (bicyclic) bond motifs is 1. The number of nitrogens with zero attached hydrogens (tertiary/aromatic N) is 1. The number of carbonyl (C=O) groups excluding carboxylic acids is 1. The number of aromatic carboxylic acids is 1. The van der Waals surface area contributed by atoms with Crippen molar-refractivity contribution in [3.63, 3.8) is 0 Å². The Morgan fingerprint density at radius 1 is 1.25 bits per heavy atom. The normalized spacial score (nSPS) is 10.2. The van der Waals surface area contributed by atoms with Crippen molar-refractivity contribution in [3.05, 3.63) is 47.3 Å². The predicted molar refractivity (Wildman–Crippen MR) is 98.4 cm³/mol. The van der Waals surface area contributed by atoms with Crippen LogP contribution in [0.5, 0.6) is 0 Å². The molecular weight excluding hydrogens is 348 g/mol. The van der Waals surface area contributed by atoms with Gasteiger partial charge in [0.1, 0.15) is 12.1 Å². The maximum absolute atomic E-state index is 11.5. The van der Waals surface area contributed by atoms with E-state index in [1.54, 1.807) is 18.2 Å². The van der Waals surface area contributed by atoms with Gasteiger partial charge in [-0.25, -0.2) is 9.78 Å². The molecule has 2 N–H and O–H groups in total. The molecule has 124 valence electrons. The molecule has 0 aliphatic heterocycles. The van der Waals surface area contributed by atoms with Gasteiger partial charge in [-0.1, -0.05) is 18.2 Å². The predicted octanol–water partition coefficient (Wildman–Crippen LogP) is 4.08. The molecule has 0 atom stereocenters. The van der Waals surface area contributed by atoms with E-state index >= 15 is 0 Å². The third-order valence-electron chi connectivity index (χ3n) is 3.43. The van der Waals surface area contributed by atoms with Crippen molar-refractivity contribution in [1.82, 2.24) is 4.98 Å². The van der Waals surface area contributed by atoms with E-state index in [0.29, 0.717) is 24.3 Å².